The summed E-state index contributed by atoms with van der Waals surface area (Å²) in [6.07, 6.45) is 0.985. The summed E-state index contributed by atoms with van der Waals surface area (Å²) in [6, 6.07) is 13.9. The van der Waals surface area contributed by atoms with Crippen LogP contribution in [-0.4, -0.2) is 5.11 Å². The maximum absolute atomic E-state index is 9.91. The molecule has 0 heterocycles. The Bertz CT molecular complexity index is 501. The molecule has 0 aromatic heterocycles. The molecule has 0 saturated carbocycles. The van der Waals surface area contributed by atoms with Gasteiger partial charge in [-0.2, -0.15) is 0 Å². The van der Waals surface area contributed by atoms with E-state index < -0.39 is 0 Å². The van der Waals surface area contributed by atoms with Crippen molar-refractivity contribution in [3.05, 3.63) is 53.6 Å². The van der Waals surface area contributed by atoms with Crippen molar-refractivity contribution in [1.29, 1.82) is 0 Å². The van der Waals surface area contributed by atoms with E-state index in [1.807, 2.05) is 24.3 Å². The first-order valence-electron chi connectivity index (χ1n) is 5.60. The monoisotopic (exact) mass is 212 g/mol. The molecule has 2 rings (SSSR count). The van der Waals surface area contributed by atoms with Crippen LogP contribution in [0.5, 0.6) is 5.75 Å². The van der Waals surface area contributed by atoms with Crippen LogP contribution in [0.3, 0.4) is 0 Å². The molecule has 1 heteroatoms. The van der Waals surface area contributed by atoms with Gasteiger partial charge in [0.25, 0.3) is 0 Å². The van der Waals surface area contributed by atoms with Crippen LogP contribution in [0.1, 0.15) is 18.1 Å². The van der Waals surface area contributed by atoms with Gasteiger partial charge in [-0.15, -0.1) is 0 Å². The lowest BCUT2D eigenvalue weighted by molar-refractivity contribution is 0.477. The summed E-state index contributed by atoms with van der Waals surface area (Å²) in [5, 5.41) is 9.91. The molecule has 0 atom stereocenters. The maximum atomic E-state index is 9.91. The van der Waals surface area contributed by atoms with Crippen LogP contribution in [0.25, 0.3) is 11.1 Å². The second kappa shape index (κ2) is 4.40. The number of aryl methyl sites for hydroxylation is 2. The highest BCUT2D eigenvalue weighted by Gasteiger charge is 2.06. The smallest absolute Gasteiger partial charge is 0.123 e. The molecular weight excluding hydrogens is 196 g/mol. The van der Waals surface area contributed by atoms with Crippen LogP contribution in [0.2, 0.25) is 0 Å². The third kappa shape index (κ3) is 1.94. The van der Waals surface area contributed by atoms with Gasteiger partial charge >= 0.3 is 0 Å². The van der Waals surface area contributed by atoms with Crippen molar-refractivity contribution in [3.63, 3.8) is 0 Å². The Labute approximate surface area is 96.4 Å². The minimum Gasteiger partial charge on any atom is -0.507 e. The molecule has 1 nitrogen and oxygen atoms in total. The molecule has 0 unspecified atom stereocenters. The summed E-state index contributed by atoms with van der Waals surface area (Å²) in [6.45, 7) is 4.18. The minimum atomic E-state index is 0.353. The summed E-state index contributed by atoms with van der Waals surface area (Å²) in [4.78, 5) is 0. The first-order valence-corrected chi connectivity index (χ1v) is 5.60. The molecule has 0 saturated heterocycles. The van der Waals surface area contributed by atoms with Gasteiger partial charge in [-0.25, -0.2) is 0 Å². The number of benzene rings is 2. The number of phenolic OH excluding ortho intramolecular Hbond substituents is 1. The van der Waals surface area contributed by atoms with Gasteiger partial charge in [0.2, 0.25) is 0 Å². The fourth-order valence-electron chi connectivity index (χ4n) is 1.89. The van der Waals surface area contributed by atoms with E-state index in [2.05, 4.69) is 26.0 Å². The highest BCUT2D eigenvalue weighted by atomic mass is 16.3. The predicted octanol–water partition coefficient (Wildman–Crippen LogP) is 3.93. The van der Waals surface area contributed by atoms with Crippen molar-refractivity contribution >= 4 is 0 Å². The lowest BCUT2D eigenvalue weighted by atomic mass is 9.97. The molecule has 0 amide bonds. The van der Waals surface area contributed by atoms with E-state index in [0.717, 1.165) is 17.5 Å². The molecule has 0 bridgehead atoms. The van der Waals surface area contributed by atoms with Gasteiger partial charge in [-0.3, -0.25) is 0 Å². The lowest BCUT2D eigenvalue weighted by Gasteiger charge is -2.09. The van der Waals surface area contributed by atoms with Crippen molar-refractivity contribution < 1.29 is 5.11 Å². The Hall–Kier alpha value is -1.76. The average molecular weight is 212 g/mol. The Morgan fingerprint density at radius 1 is 1.00 bits per heavy atom. The second-order valence-electron chi connectivity index (χ2n) is 4.02. The second-order valence-corrected chi connectivity index (χ2v) is 4.02. The molecule has 0 spiro atoms. The van der Waals surface area contributed by atoms with Gasteiger partial charge in [-0.1, -0.05) is 37.3 Å². The highest BCUT2D eigenvalue weighted by molar-refractivity contribution is 5.73. The quantitative estimate of drug-likeness (QED) is 0.799. The summed E-state index contributed by atoms with van der Waals surface area (Å²) >= 11 is 0. The van der Waals surface area contributed by atoms with E-state index in [4.69, 9.17) is 0 Å². The molecular formula is C15H16O. The predicted molar refractivity (Wildman–Crippen MR) is 67.7 cm³/mol. The van der Waals surface area contributed by atoms with Gasteiger partial charge in [0, 0.05) is 5.56 Å². The van der Waals surface area contributed by atoms with E-state index in [9.17, 15) is 5.11 Å². The van der Waals surface area contributed by atoms with Gasteiger partial charge in [-0.05, 0) is 42.2 Å². The average Bonchev–Trinajstić information content (AvgIpc) is 2.31. The van der Waals surface area contributed by atoms with Gasteiger partial charge in [0.1, 0.15) is 5.75 Å². The molecule has 0 aliphatic carbocycles. The maximum Gasteiger partial charge on any atom is 0.123 e. The molecule has 2 aromatic rings. The lowest BCUT2D eigenvalue weighted by Crippen LogP contribution is -1.86. The molecule has 0 fully saturated rings. The topological polar surface area (TPSA) is 20.2 Å². The molecule has 1 N–H and O–H groups in total. The number of rotatable bonds is 2. The molecule has 0 aliphatic rings. The largest absolute Gasteiger partial charge is 0.507 e. The van der Waals surface area contributed by atoms with Gasteiger partial charge in [0.15, 0.2) is 0 Å². The number of hydrogen-bond donors (Lipinski definition) is 1. The molecule has 16 heavy (non-hydrogen) atoms. The first-order chi connectivity index (χ1) is 7.72. The van der Waals surface area contributed by atoms with Crippen molar-refractivity contribution in [3.8, 4) is 16.9 Å². The number of hydrogen-bond acceptors (Lipinski definition) is 1. The molecule has 0 radical (unpaired) electrons. The van der Waals surface area contributed by atoms with Gasteiger partial charge in [0.05, 0.1) is 0 Å². The zero-order valence-electron chi connectivity index (χ0n) is 9.70. The molecule has 2 aromatic carbocycles. The SMILES string of the molecule is CCc1ccc(O)c(-c2ccccc2C)c1. The van der Waals surface area contributed by atoms with Crippen LogP contribution >= 0.6 is 0 Å². The van der Waals surface area contributed by atoms with Crippen molar-refractivity contribution in [2.75, 3.05) is 0 Å². The normalized spacial score (nSPS) is 10.4. The summed E-state index contributed by atoms with van der Waals surface area (Å²) in [7, 11) is 0. The van der Waals surface area contributed by atoms with Crippen molar-refractivity contribution in [1.82, 2.24) is 0 Å². The Morgan fingerprint density at radius 2 is 1.75 bits per heavy atom. The van der Waals surface area contributed by atoms with Crippen molar-refractivity contribution in [2.24, 2.45) is 0 Å². The number of aromatic hydroxyl groups is 1. The fraction of sp³-hybridized carbons (Fsp3) is 0.200. The fourth-order valence-corrected chi connectivity index (χ4v) is 1.89. The van der Waals surface area contributed by atoms with Crippen molar-refractivity contribution in [2.45, 2.75) is 20.3 Å². The number of phenols is 1. The van der Waals surface area contributed by atoms with Gasteiger partial charge < -0.3 is 5.11 Å². The van der Waals surface area contributed by atoms with E-state index in [1.54, 1.807) is 6.07 Å². The third-order valence-corrected chi connectivity index (χ3v) is 2.90. The summed E-state index contributed by atoms with van der Waals surface area (Å²) < 4.78 is 0. The van der Waals surface area contributed by atoms with Crippen LogP contribution in [0.15, 0.2) is 42.5 Å². The standard InChI is InChI=1S/C15H16O/c1-3-12-8-9-15(16)14(10-12)13-7-5-4-6-11(13)2/h4-10,16H,3H2,1-2H3. The van der Waals surface area contributed by atoms with E-state index >= 15 is 0 Å². The summed E-state index contributed by atoms with van der Waals surface area (Å²) in [5.74, 6) is 0.353. The van der Waals surface area contributed by atoms with E-state index in [-0.39, 0.29) is 0 Å². The zero-order valence-corrected chi connectivity index (χ0v) is 9.70. The zero-order chi connectivity index (χ0) is 11.5. The van der Waals surface area contributed by atoms with Crippen LogP contribution in [0, 0.1) is 6.92 Å². The highest BCUT2D eigenvalue weighted by Crippen LogP contribution is 2.32. The first kappa shape index (κ1) is 10.7. The van der Waals surface area contributed by atoms with E-state index in [1.165, 1.54) is 11.1 Å². The van der Waals surface area contributed by atoms with Crippen LogP contribution < -0.4 is 0 Å². The molecule has 0 aliphatic heterocycles. The van der Waals surface area contributed by atoms with E-state index in [0.29, 0.717) is 5.75 Å². The Balaban J connectivity index is 2.59. The Kier molecular flexibility index (Phi) is 2.95. The van der Waals surface area contributed by atoms with Crippen LogP contribution in [0.4, 0.5) is 0 Å². The minimum absolute atomic E-state index is 0.353. The Morgan fingerprint density at radius 3 is 2.44 bits per heavy atom. The molecule has 82 valence electrons. The third-order valence-electron chi connectivity index (χ3n) is 2.90. The van der Waals surface area contributed by atoms with Crippen LogP contribution in [-0.2, 0) is 6.42 Å². The summed E-state index contributed by atoms with van der Waals surface area (Å²) in [5.41, 5.74) is 4.47.